The molecule has 6 heteroatoms. The van der Waals surface area contributed by atoms with Crippen LogP contribution in [0.15, 0.2) is 0 Å². The number of aryl methyl sites for hydroxylation is 1. The predicted molar refractivity (Wildman–Crippen MR) is 49.8 cm³/mol. The van der Waals surface area contributed by atoms with Gasteiger partial charge >= 0.3 is 5.97 Å². The van der Waals surface area contributed by atoms with Crippen LogP contribution in [0, 0.1) is 5.92 Å². The first-order chi connectivity index (χ1) is 7.24. The van der Waals surface area contributed by atoms with Crippen molar-refractivity contribution in [3.63, 3.8) is 0 Å². The normalized spacial score (nSPS) is 19.7. The van der Waals surface area contributed by atoms with E-state index >= 15 is 0 Å². The Balaban J connectivity index is 2.15. The summed E-state index contributed by atoms with van der Waals surface area (Å²) in [5.41, 5.74) is 0. The second-order valence-electron chi connectivity index (χ2n) is 3.54. The Morgan fingerprint density at radius 3 is 3.20 bits per heavy atom. The highest BCUT2D eigenvalue weighted by Gasteiger charge is 2.27. The van der Waals surface area contributed by atoms with E-state index in [1.54, 1.807) is 4.68 Å². The number of aliphatic hydroxyl groups excluding tert-OH is 1. The monoisotopic (exact) mass is 211 g/mol. The van der Waals surface area contributed by atoms with E-state index in [2.05, 4.69) is 14.8 Å². The largest absolute Gasteiger partial charge is 0.469 e. The molecule has 0 spiro atoms. The van der Waals surface area contributed by atoms with Gasteiger partial charge in [0, 0.05) is 6.42 Å². The first-order valence-corrected chi connectivity index (χ1v) is 4.86. The van der Waals surface area contributed by atoms with Gasteiger partial charge in [0.25, 0.3) is 0 Å². The lowest BCUT2D eigenvalue weighted by Crippen LogP contribution is -2.28. The van der Waals surface area contributed by atoms with Gasteiger partial charge in [0.2, 0.25) is 0 Å². The van der Waals surface area contributed by atoms with Gasteiger partial charge in [-0.05, 0) is 6.42 Å². The van der Waals surface area contributed by atoms with Crippen molar-refractivity contribution >= 4 is 5.97 Å². The highest BCUT2D eigenvalue weighted by molar-refractivity contribution is 5.72. The number of esters is 1. The first-order valence-electron chi connectivity index (χ1n) is 4.86. The maximum absolute atomic E-state index is 11.3. The molecule has 1 N–H and O–H groups in total. The van der Waals surface area contributed by atoms with Gasteiger partial charge in [-0.25, -0.2) is 9.67 Å². The van der Waals surface area contributed by atoms with E-state index in [0.717, 1.165) is 12.2 Å². The number of nitrogens with zero attached hydrogens (tertiary/aromatic N) is 3. The maximum atomic E-state index is 11.3. The van der Waals surface area contributed by atoms with E-state index in [1.807, 2.05) is 0 Å². The van der Waals surface area contributed by atoms with Gasteiger partial charge in [-0.1, -0.05) is 0 Å². The molecule has 1 atom stereocenters. The van der Waals surface area contributed by atoms with Gasteiger partial charge in [-0.2, -0.15) is 5.10 Å². The Morgan fingerprint density at radius 2 is 2.53 bits per heavy atom. The summed E-state index contributed by atoms with van der Waals surface area (Å²) in [6.07, 6.45) is 1.43. The van der Waals surface area contributed by atoms with Crippen molar-refractivity contribution in [3.8, 4) is 0 Å². The third kappa shape index (κ3) is 1.85. The molecule has 2 heterocycles. The number of aromatic nitrogens is 3. The van der Waals surface area contributed by atoms with Crippen LogP contribution >= 0.6 is 0 Å². The van der Waals surface area contributed by atoms with Gasteiger partial charge in [-0.3, -0.25) is 4.79 Å². The topological polar surface area (TPSA) is 77.2 Å². The number of hydrogen-bond acceptors (Lipinski definition) is 5. The van der Waals surface area contributed by atoms with Crippen LogP contribution in [0.4, 0.5) is 0 Å². The minimum atomic E-state index is -0.207. The second kappa shape index (κ2) is 3.98. The smallest absolute Gasteiger partial charge is 0.310 e. The molecule has 15 heavy (non-hydrogen) atoms. The standard InChI is InChI=1S/C9H13N3O3/c1-15-9(14)6-2-3-8-10-7(5-13)11-12(8)4-6/h6,13H,2-5H2,1H3. The molecule has 1 aliphatic rings. The van der Waals surface area contributed by atoms with Crippen molar-refractivity contribution in [2.75, 3.05) is 7.11 Å². The molecular weight excluding hydrogens is 198 g/mol. The van der Waals surface area contributed by atoms with Gasteiger partial charge < -0.3 is 9.84 Å². The Morgan fingerprint density at radius 1 is 1.73 bits per heavy atom. The molecular formula is C9H13N3O3. The average Bonchev–Trinajstić information content (AvgIpc) is 2.69. The maximum Gasteiger partial charge on any atom is 0.310 e. The first kappa shape index (κ1) is 10.1. The number of carbonyl (C=O) groups excluding carboxylic acids is 1. The summed E-state index contributed by atoms with van der Waals surface area (Å²) < 4.78 is 6.37. The van der Waals surface area contributed by atoms with Gasteiger partial charge in [0.05, 0.1) is 19.6 Å². The zero-order chi connectivity index (χ0) is 10.8. The molecule has 0 amide bonds. The van der Waals surface area contributed by atoms with E-state index in [1.165, 1.54) is 7.11 Å². The van der Waals surface area contributed by atoms with Crippen molar-refractivity contribution in [3.05, 3.63) is 11.6 Å². The zero-order valence-electron chi connectivity index (χ0n) is 8.51. The minimum Gasteiger partial charge on any atom is -0.469 e. The van der Waals surface area contributed by atoms with Crippen LogP contribution in [0.25, 0.3) is 0 Å². The summed E-state index contributed by atoms with van der Waals surface area (Å²) in [5.74, 6) is 0.896. The highest BCUT2D eigenvalue weighted by Crippen LogP contribution is 2.19. The van der Waals surface area contributed by atoms with Crippen molar-refractivity contribution in [2.24, 2.45) is 5.92 Å². The molecule has 0 saturated heterocycles. The fourth-order valence-electron chi connectivity index (χ4n) is 1.79. The summed E-state index contributed by atoms with van der Waals surface area (Å²) in [6.45, 7) is 0.331. The number of fused-ring (bicyclic) bond motifs is 1. The summed E-state index contributed by atoms with van der Waals surface area (Å²) in [6, 6.07) is 0. The predicted octanol–water partition coefficient (Wildman–Crippen LogP) is -0.494. The molecule has 0 saturated carbocycles. The summed E-state index contributed by atoms with van der Waals surface area (Å²) >= 11 is 0. The van der Waals surface area contributed by atoms with Crippen molar-refractivity contribution < 1.29 is 14.6 Å². The molecule has 0 aliphatic carbocycles. The van der Waals surface area contributed by atoms with Gasteiger partial charge in [0.1, 0.15) is 12.4 Å². The quantitative estimate of drug-likeness (QED) is 0.668. The van der Waals surface area contributed by atoms with Crippen molar-refractivity contribution in [1.82, 2.24) is 14.8 Å². The Hall–Kier alpha value is -1.43. The number of ether oxygens (including phenoxy) is 1. The lowest BCUT2D eigenvalue weighted by Gasteiger charge is -2.19. The van der Waals surface area contributed by atoms with E-state index in [0.29, 0.717) is 18.8 Å². The van der Waals surface area contributed by atoms with Crippen LogP contribution in [0.3, 0.4) is 0 Å². The molecule has 2 rings (SSSR count). The molecule has 6 nitrogen and oxygen atoms in total. The Bertz CT molecular complexity index is 375. The van der Waals surface area contributed by atoms with Crippen LogP contribution < -0.4 is 0 Å². The summed E-state index contributed by atoms with van der Waals surface area (Å²) in [4.78, 5) is 15.5. The van der Waals surface area contributed by atoms with Gasteiger partial charge in [-0.15, -0.1) is 0 Å². The minimum absolute atomic E-state index is 0.143. The van der Waals surface area contributed by atoms with Gasteiger partial charge in [0.15, 0.2) is 5.82 Å². The van der Waals surface area contributed by atoms with E-state index in [9.17, 15) is 4.79 Å². The third-order valence-corrected chi connectivity index (χ3v) is 2.58. The fraction of sp³-hybridized carbons (Fsp3) is 0.667. The molecule has 1 unspecified atom stereocenters. The SMILES string of the molecule is COC(=O)C1CCc2nc(CO)nn2C1. The lowest BCUT2D eigenvalue weighted by molar-refractivity contribution is -0.146. The molecule has 1 aliphatic heterocycles. The second-order valence-corrected chi connectivity index (χ2v) is 3.54. The Kier molecular flexibility index (Phi) is 2.68. The van der Waals surface area contributed by atoms with Crippen molar-refractivity contribution in [1.29, 1.82) is 0 Å². The molecule has 0 fully saturated rings. The summed E-state index contributed by atoms with van der Waals surface area (Å²) in [5, 5.41) is 13.0. The molecule has 0 bridgehead atoms. The molecule has 0 aromatic carbocycles. The number of aliphatic hydroxyl groups is 1. The van der Waals surface area contributed by atoms with Crippen LogP contribution in [0.2, 0.25) is 0 Å². The van der Waals surface area contributed by atoms with Crippen LogP contribution in [-0.2, 0) is 29.1 Å². The average molecular weight is 211 g/mol. The van der Waals surface area contributed by atoms with Crippen LogP contribution in [0.5, 0.6) is 0 Å². The summed E-state index contributed by atoms with van der Waals surface area (Å²) in [7, 11) is 1.39. The number of hydrogen-bond donors (Lipinski definition) is 1. The third-order valence-electron chi connectivity index (χ3n) is 2.58. The molecule has 0 radical (unpaired) electrons. The van der Waals surface area contributed by atoms with E-state index < -0.39 is 0 Å². The zero-order valence-corrected chi connectivity index (χ0v) is 8.51. The lowest BCUT2D eigenvalue weighted by atomic mass is 10.0. The van der Waals surface area contributed by atoms with E-state index in [4.69, 9.17) is 5.11 Å². The van der Waals surface area contributed by atoms with Crippen LogP contribution in [0.1, 0.15) is 18.1 Å². The van der Waals surface area contributed by atoms with Crippen molar-refractivity contribution in [2.45, 2.75) is 26.0 Å². The van der Waals surface area contributed by atoms with E-state index in [-0.39, 0.29) is 18.5 Å². The van der Waals surface area contributed by atoms with Crippen LogP contribution in [-0.4, -0.2) is 33.0 Å². The fourth-order valence-corrected chi connectivity index (χ4v) is 1.79. The Labute approximate surface area is 86.9 Å². The number of rotatable bonds is 2. The highest BCUT2D eigenvalue weighted by atomic mass is 16.5. The molecule has 1 aromatic heterocycles. The molecule has 1 aromatic rings. The number of methoxy groups -OCH3 is 1. The molecule has 82 valence electrons. The number of carbonyl (C=O) groups is 1.